The highest BCUT2D eigenvalue weighted by atomic mass is 19.1. The predicted octanol–water partition coefficient (Wildman–Crippen LogP) is 6.19. The number of aromatic nitrogens is 4. The third-order valence-corrected chi connectivity index (χ3v) is 10.1. The van der Waals surface area contributed by atoms with E-state index in [2.05, 4.69) is 38.6 Å². The largest absolute Gasteiger partial charge is 0.486 e. The molecule has 236 valence electrons. The summed E-state index contributed by atoms with van der Waals surface area (Å²) in [6.45, 7) is 5.32. The van der Waals surface area contributed by atoms with Gasteiger partial charge in [-0.05, 0) is 60.9 Å². The van der Waals surface area contributed by atoms with Crippen LogP contribution in [0.25, 0.3) is 32.9 Å². The van der Waals surface area contributed by atoms with Gasteiger partial charge in [0.05, 0.1) is 24.9 Å². The molecular formula is C36H37FN6O3. The molecular weight excluding hydrogens is 583 g/mol. The molecule has 10 heteroatoms. The topological polar surface area (TPSA) is 97.4 Å². The molecule has 9 rings (SSSR count). The van der Waals surface area contributed by atoms with Gasteiger partial charge in [-0.15, -0.1) is 0 Å². The molecule has 5 aromatic rings. The number of nitrogens with one attached hydrogen (secondary N) is 2. The van der Waals surface area contributed by atoms with E-state index in [0.29, 0.717) is 66.2 Å². The van der Waals surface area contributed by atoms with Crippen LogP contribution in [-0.4, -0.2) is 64.7 Å². The molecule has 1 saturated carbocycles. The van der Waals surface area contributed by atoms with Gasteiger partial charge in [-0.3, -0.25) is 5.10 Å². The smallest absolute Gasteiger partial charge is 0.319 e. The Balaban J connectivity index is 1.32. The summed E-state index contributed by atoms with van der Waals surface area (Å²) in [5, 5.41) is 12.8. The summed E-state index contributed by atoms with van der Waals surface area (Å²) in [5.74, 6) is 1.59. The van der Waals surface area contributed by atoms with Gasteiger partial charge in [-0.25, -0.2) is 4.39 Å². The SMILES string of the molecule is Cc1c(F)cc2[nH]ncc2c1-c1c(C2CC2)cc2c(N3C[C@@H]4C[C@H]3CN4)nc(OC3CCOCC3)nc2c1OCc1ccccc1. The Labute approximate surface area is 266 Å². The molecule has 1 aliphatic carbocycles. The molecule has 5 heterocycles. The maximum absolute atomic E-state index is 15.6. The molecule has 0 unspecified atom stereocenters. The average Bonchev–Trinajstić information content (AvgIpc) is 3.44. The summed E-state index contributed by atoms with van der Waals surface area (Å²) < 4.78 is 34.7. The Hall–Kier alpha value is -4.28. The molecule has 0 amide bonds. The minimum atomic E-state index is -0.282. The van der Waals surface area contributed by atoms with E-state index in [1.54, 1.807) is 6.20 Å². The van der Waals surface area contributed by atoms with E-state index in [1.165, 1.54) is 6.07 Å². The minimum Gasteiger partial charge on any atom is -0.486 e. The Bertz CT molecular complexity index is 1940. The molecule has 4 aliphatic rings. The number of piperazine rings is 1. The molecule has 2 atom stereocenters. The molecule has 2 N–H and O–H groups in total. The van der Waals surface area contributed by atoms with Crippen molar-refractivity contribution in [1.82, 2.24) is 25.5 Å². The van der Waals surface area contributed by atoms with E-state index in [4.69, 9.17) is 24.2 Å². The molecule has 3 aromatic carbocycles. The van der Waals surface area contributed by atoms with Gasteiger partial charge < -0.3 is 24.4 Å². The molecule has 0 radical (unpaired) electrons. The molecule has 3 aliphatic heterocycles. The number of halogens is 1. The van der Waals surface area contributed by atoms with Gasteiger partial charge in [0.25, 0.3) is 0 Å². The molecule has 0 spiro atoms. The van der Waals surface area contributed by atoms with Crippen LogP contribution in [0.4, 0.5) is 10.2 Å². The zero-order chi connectivity index (χ0) is 30.8. The fraction of sp³-hybridized carbons (Fsp3) is 0.417. The lowest BCUT2D eigenvalue weighted by Crippen LogP contribution is -2.44. The lowest BCUT2D eigenvalue weighted by atomic mass is 9.88. The van der Waals surface area contributed by atoms with Crippen LogP contribution in [0.2, 0.25) is 0 Å². The second kappa shape index (κ2) is 11.2. The van der Waals surface area contributed by atoms with Gasteiger partial charge in [0.1, 0.15) is 29.9 Å². The number of anilines is 1. The van der Waals surface area contributed by atoms with Crippen LogP contribution in [-0.2, 0) is 11.3 Å². The van der Waals surface area contributed by atoms with Crippen molar-refractivity contribution in [3.8, 4) is 22.9 Å². The van der Waals surface area contributed by atoms with Crippen LogP contribution in [0.1, 0.15) is 54.7 Å². The first-order valence-corrected chi connectivity index (χ1v) is 16.5. The molecule has 4 fully saturated rings. The van der Waals surface area contributed by atoms with Crippen LogP contribution in [0.3, 0.4) is 0 Å². The standard InChI is InChI=1S/C36H37FN6O3/c1-20-29(37)15-30-28(17-39-42-30)31(20)32-26(22-7-8-22)14-27-33(34(32)45-19-21-5-3-2-4-6-21)40-36(46-25-9-11-44-12-10-25)41-35(27)43-18-23-13-24(43)16-38-23/h2-6,14-15,17,22-25,38H,7-13,16,18-19H2,1H3,(H,39,42)/t23-,24-/m0/s1. The third kappa shape index (κ3) is 4.86. The number of nitrogens with zero attached hydrogens (tertiary/aromatic N) is 4. The van der Waals surface area contributed by atoms with Crippen molar-refractivity contribution in [3.05, 3.63) is 71.2 Å². The zero-order valence-corrected chi connectivity index (χ0v) is 25.9. The minimum absolute atomic E-state index is 0.0225. The first-order chi connectivity index (χ1) is 22.6. The van der Waals surface area contributed by atoms with Crippen molar-refractivity contribution < 1.29 is 18.6 Å². The van der Waals surface area contributed by atoms with Gasteiger partial charge in [0.2, 0.25) is 0 Å². The zero-order valence-electron chi connectivity index (χ0n) is 25.9. The van der Waals surface area contributed by atoms with E-state index in [9.17, 15) is 0 Å². The summed E-state index contributed by atoms with van der Waals surface area (Å²) in [5.41, 5.74) is 5.79. The molecule has 2 aromatic heterocycles. The second-order valence-corrected chi connectivity index (χ2v) is 13.2. The van der Waals surface area contributed by atoms with Crippen LogP contribution < -0.4 is 19.7 Å². The Morgan fingerprint density at radius 1 is 1.02 bits per heavy atom. The summed E-state index contributed by atoms with van der Waals surface area (Å²) >= 11 is 0. The van der Waals surface area contributed by atoms with Gasteiger partial charge in [-0.1, -0.05) is 30.3 Å². The summed E-state index contributed by atoms with van der Waals surface area (Å²) in [6, 6.07) is 15.1. The van der Waals surface area contributed by atoms with Gasteiger partial charge in [0, 0.05) is 59.9 Å². The van der Waals surface area contributed by atoms with Crippen LogP contribution in [0.15, 0.2) is 48.7 Å². The monoisotopic (exact) mass is 620 g/mol. The van der Waals surface area contributed by atoms with Crippen molar-refractivity contribution in [2.75, 3.05) is 31.2 Å². The van der Waals surface area contributed by atoms with Gasteiger partial charge >= 0.3 is 6.01 Å². The van der Waals surface area contributed by atoms with Crippen molar-refractivity contribution in [1.29, 1.82) is 0 Å². The Morgan fingerprint density at radius 3 is 2.63 bits per heavy atom. The number of fused-ring (bicyclic) bond motifs is 4. The number of hydrogen-bond donors (Lipinski definition) is 2. The second-order valence-electron chi connectivity index (χ2n) is 13.2. The maximum Gasteiger partial charge on any atom is 0.319 e. The highest BCUT2D eigenvalue weighted by molar-refractivity contribution is 6.06. The molecule has 2 bridgehead atoms. The van der Waals surface area contributed by atoms with E-state index < -0.39 is 0 Å². The summed E-state index contributed by atoms with van der Waals surface area (Å²) in [7, 11) is 0. The molecule has 46 heavy (non-hydrogen) atoms. The van der Waals surface area contributed by atoms with Crippen LogP contribution in [0, 0.1) is 12.7 Å². The van der Waals surface area contributed by atoms with Crippen molar-refractivity contribution in [3.63, 3.8) is 0 Å². The van der Waals surface area contributed by atoms with Crippen LogP contribution >= 0.6 is 0 Å². The normalized spacial score (nSPS) is 21.5. The van der Waals surface area contributed by atoms with Crippen LogP contribution in [0.5, 0.6) is 11.8 Å². The first-order valence-electron chi connectivity index (χ1n) is 16.5. The molecule has 3 saturated heterocycles. The number of hydrogen-bond acceptors (Lipinski definition) is 8. The Kier molecular flexibility index (Phi) is 6.82. The Morgan fingerprint density at radius 2 is 1.87 bits per heavy atom. The maximum atomic E-state index is 15.6. The molecule has 9 nitrogen and oxygen atoms in total. The van der Waals surface area contributed by atoms with E-state index in [1.807, 2.05) is 25.1 Å². The number of benzene rings is 3. The van der Waals surface area contributed by atoms with Gasteiger partial charge in [-0.2, -0.15) is 15.1 Å². The van der Waals surface area contributed by atoms with E-state index in [0.717, 1.165) is 84.0 Å². The number of H-pyrrole nitrogens is 1. The van der Waals surface area contributed by atoms with Crippen molar-refractivity contribution >= 4 is 27.6 Å². The third-order valence-electron chi connectivity index (χ3n) is 10.1. The first kappa shape index (κ1) is 28.0. The number of ether oxygens (including phenoxy) is 3. The van der Waals surface area contributed by atoms with Crippen molar-refractivity contribution in [2.45, 2.75) is 69.7 Å². The van der Waals surface area contributed by atoms with E-state index >= 15 is 4.39 Å². The highest BCUT2D eigenvalue weighted by Gasteiger charge is 2.40. The fourth-order valence-corrected chi connectivity index (χ4v) is 7.58. The predicted molar refractivity (Wildman–Crippen MR) is 174 cm³/mol. The highest BCUT2D eigenvalue weighted by Crippen LogP contribution is 2.53. The van der Waals surface area contributed by atoms with E-state index in [-0.39, 0.29) is 11.9 Å². The number of aromatic amines is 1. The lowest BCUT2D eigenvalue weighted by molar-refractivity contribution is 0.0219. The summed E-state index contributed by atoms with van der Waals surface area (Å²) in [6.07, 6.45) is 6.58. The average molecular weight is 621 g/mol. The number of rotatable bonds is 8. The quantitative estimate of drug-likeness (QED) is 0.212. The fourth-order valence-electron chi connectivity index (χ4n) is 7.58. The van der Waals surface area contributed by atoms with Crippen molar-refractivity contribution in [2.24, 2.45) is 0 Å². The van der Waals surface area contributed by atoms with Gasteiger partial charge in [0.15, 0.2) is 5.75 Å². The summed E-state index contributed by atoms with van der Waals surface area (Å²) in [4.78, 5) is 12.7. The lowest BCUT2D eigenvalue weighted by Gasteiger charge is -2.31.